The van der Waals surface area contributed by atoms with E-state index in [-0.39, 0.29) is 11.8 Å². The molecule has 33 heavy (non-hydrogen) atoms. The number of nitrogens with one attached hydrogen (secondary N) is 1. The molecule has 3 heterocycles. The third-order valence-corrected chi connectivity index (χ3v) is 6.56. The van der Waals surface area contributed by atoms with Gasteiger partial charge in [-0.3, -0.25) is 9.78 Å². The van der Waals surface area contributed by atoms with E-state index in [1.807, 2.05) is 37.3 Å². The van der Waals surface area contributed by atoms with Gasteiger partial charge < -0.3 is 14.3 Å². The SMILES string of the molecule is CCc1noc(C)c1C(=O)NCC1CCC(c2nnc(-c3nccc4ccccc34)o2)CC1. The average molecular weight is 446 g/mol. The van der Waals surface area contributed by atoms with Crippen molar-refractivity contribution in [1.82, 2.24) is 25.7 Å². The van der Waals surface area contributed by atoms with Crippen LogP contribution in [0.15, 0.2) is 45.5 Å². The smallest absolute Gasteiger partial charge is 0.266 e. The Morgan fingerprint density at radius 3 is 2.76 bits per heavy atom. The summed E-state index contributed by atoms with van der Waals surface area (Å²) in [5.41, 5.74) is 2.01. The normalized spacial score (nSPS) is 18.5. The first-order valence-corrected chi connectivity index (χ1v) is 11.5. The third kappa shape index (κ3) is 4.25. The highest BCUT2D eigenvalue weighted by Gasteiger charge is 2.28. The van der Waals surface area contributed by atoms with Crippen LogP contribution < -0.4 is 5.32 Å². The van der Waals surface area contributed by atoms with Crippen LogP contribution in [-0.4, -0.2) is 32.8 Å². The molecular formula is C25H27N5O3. The second-order valence-corrected chi connectivity index (χ2v) is 8.67. The topological polar surface area (TPSA) is 107 Å². The van der Waals surface area contributed by atoms with Crippen LogP contribution in [0.4, 0.5) is 0 Å². The number of fused-ring (bicyclic) bond motifs is 1. The Hall–Kier alpha value is -3.55. The van der Waals surface area contributed by atoms with E-state index in [0.717, 1.165) is 42.1 Å². The molecule has 4 aromatic rings. The quantitative estimate of drug-likeness (QED) is 0.452. The van der Waals surface area contributed by atoms with Crippen molar-refractivity contribution in [2.24, 2.45) is 5.92 Å². The number of hydrogen-bond donors (Lipinski definition) is 1. The molecule has 1 aliphatic rings. The molecule has 0 bridgehead atoms. The Balaban J connectivity index is 1.19. The Kier molecular flexibility index (Phi) is 5.90. The van der Waals surface area contributed by atoms with E-state index in [4.69, 9.17) is 8.94 Å². The van der Waals surface area contributed by atoms with Crippen molar-refractivity contribution >= 4 is 16.7 Å². The lowest BCUT2D eigenvalue weighted by atomic mass is 9.82. The Morgan fingerprint density at radius 2 is 1.94 bits per heavy atom. The second kappa shape index (κ2) is 9.13. The third-order valence-electron chi connectivity index (χ3n) is 6.56. The molecule has 1 aromatic carbocycles. The lowest BCUT2D eigenvalue weighted by Gasteiger charge is -2.26. The molecule has 5 rings (SSSR count). The molecule has 0 spiro atoms. The van der Waals surface area contributed by atoms with Crippen LogP contribution in [0.5, 0.6) is 0 Å². The van der Waals surface area contributed by atoms with Gasteiger partial charge in [0.25, 0.3) is 11.8 Å². The average Bonchev–Trinajstić information content (AvgIpc) is 3.49. The number of carbonyl (C=O) groups excluding carboxylic acids is 1. The summed E-state index contributed by atoms with van der Waals surface area (Å²) in [6.45, 7) is 4.39. The van der Waals surface area contributed by atoms with E-state index in [9.17, 15) is 4.79 Å². The number of hydrogen-bond acceptors (Lipinski definition) is 7. The van der Waals surface area contributed by atoms with Gasteiger partial charge in [-0.2, -0.15) is 0 Å². The number of aromatic nitrogens is 4. The molecule has 3 aromatic heterocycles. The summed E-state index contributed by atoms with van der Waals surface area (Å²) in [6, 6.07) is 10.0. The molecule has 8 nitrogen and oxygen atoms in total. The molecule has 1 fully saturated rings. The maximum atomic E-state index is 12.6. The van der Waals surface area contributed by atoms with Crippen LogP contribution in [0.1, 0.15) is 66.2 Å². The summed E-state index contributed by atoms with van der Waals surface area (Å²) in [5.74, 6) is 2.28. The monoisotopic (exact) mass is 445 g/mol. The van der Waals surface area contributed by atoms with Gasteiger partial charge in [-0.05, 0) is 56.4 Å². The minimum absolute atomic E-state index is 0.100. The molecule has 0 saturated heterocycles. The highest BCUT2D eigenvalue weighted by atomic mass is 16.5. The summed E-state index contributed by atoms with van der Waals surface area (Å²) < 4.78 is 11.2. The van der Waals surface area contributed by atoms with Gasteiger partial charge in [0.2, 0.25) is 5.89 Å². The maximum absolute atomic E-state index is 12.6. The Morgan fingerprint density at radius 1 is 1.12 bits per heavy atom. The van der Waals surface area contributed by atoms with Crippen molar-refractivity contribution in [3.05, 3.63) is 59.4 Å². The number of carbonyl (C=O) groups is 1. The minimum atomic E-state index is -0.100. The highest BCUT2D eigenvalue weighted by Crippen LogP contribution is 2.36. The number of amides is 1. The number of benzene rings is 1. The zero-order valence-electron chi connectivity index (χ0n) is 18.9. The van der Waals surface area contributed by atoms with Crippen molar-refractivity contribution in [1.29, 1.82) is 0 Å². The van der Waals surface area contributed by atoms with Gasteiger partial charge in [0.05, 0.1) is 5.69 Å². The van der Waals surface area contributed by atoms with Gasteiger partial charge in [0, 0.05) is 24.0 Å². The minimum Gasteiger partial charge on any atom is -0.419 e. The first-order chi connectivity index (χ1) is 16.1. The predicted octanol–water partition coefficient (Wildman–Crippen LogP) is 4.85. The standard InChI is InChI=1S/C25H27N5O3/c1-3-20-21(15(2)33-30-20)23(31)27-14-16-8-10-18(11-9-16)24-28-29-25(32-24)22-19-7-5-4-6-17(19)12-13-26-22/h4-7,12-13,16,18H,3,8-11,14H2,1-2H3,(H,27,31). The van der Waals surface area contributed by atoms with Crippen molar-refractivity contribution in [3.8, 4) is 11.6 Å². The van der Waals surface area contributed by atoms with Gasteiger partial charge in [-0.15, -0.1) is 10.2 Å². The first-order valence-electron chi connectivity index (χ1n) is 11.5. The first kappa shape index (κ1) is 21.3. The Labute approximate surface area is 191 Å². The molecule has 0 unspecified atom stereocenters. The van der Waals surface area contributed by atoms with Crippen molar-refractivity contribution in [2.75, 3.05) is 6.54 Å². The lowest BCUT2D eigenvalue weighted by molar-refractivity contribution is 0.0940. The molecular weight excluding hydrogens is 418 g/mol. The fourth-order valence-electron chi connectivity index (χ4n) is 4.67. The molecule has 1 amide bonds. The lowest BCUT2D eigenvalue weighted by Crippen LogP contribution is -2.31. The summed E-state index contributed by atoms with van der Waals surface area (Å²) in [7, 11) is 0. The van der Waals surface area contributed by atoms with E-state index in [2.05, 4.69) is 25.7 Å². The van der Waals surface area contributed by atoms with E-state index in [1.165, 1.54) is 0 Å². The number of rotatable bonds is 6. The molecule has 0 atom stereocenters. The van der Waals surface area contributed by atoms with Gasteiger partial charge in [0.1, 0.15) is 17.0 Å². The summed E-state index contributed by atoms with van der Waals surface area (Å²) in [4.78, 5) is 17.1. The van der Waals surface area contributed by atoms with Gasteiger partial charge in [-0.25, -0.2) is 0 Å². The fraction of sp³-hybridized carbons (Fsp3) is 0.400. The molecule has 170 valence electrons. The zero-order valence-corrected chi connectivity index (χ0v) is 18.9. The van der Waals surface area contributed by atoms with E-state index < -0.39 is 0 Å². The van der Waals surface area contributed by atoms with Crippen molar-refractivity contribution in [2.45, 2.75) is 51.9 Å². The van der Waals surface area contributed by atoms with Crippen LogP contribution in [0.2, 0.25) is 0 Å². The summed E-state index contributed by atoms with van der Waals surface area (Å²) >= 11 is 0. The summed E-state index contributed by atoms with van der Waals surface area (Å²) in [6.07, 6.45) is 6.35. The number of aryl methyl sites for hydroxylation is 2. The molecule has 8 heteroatoms. The van der Waals surface area contributed by atoms with Crippen LogP contribution >= 0.6 is 0 Å². The van der Waals surface area contributed by atoms with Gasteiger partial charge >= 0.3 is 0 Å². The second-order valence-electron chi connectivity index (χ2n) is 8.67. The number of nitrogens with zero attached hydrogens (tertiary/aromatic N) is 4. The predicted molar refractivity (Wildman–Crippen MR) is 123 cm³/mol. The van der Waals surface area contributed by atoms with Gasteiger partial charge in [-0.1, -0.05) is 36.3 Å². The fourth-order valence-corrected chi connectivity index (χ4v) is 4.67. The molecule has 1 saturated carbocycles. The van der Waals surface area contributed by atoms with E-state index >= 15 is 0 Å². The maximum Gasteiger partial charge on any atom is 0.266 e. The molecule has 0 aliphatic heterocycles. The van der Waals surface area contributed by atoms with E-state index in [0.29, 0.717) is 47.7 Å². The molecule has 1 N–H and O–H groups in total. The van der Waals surface area contributed by atoms with Crippen LogP contribution in [0.3, 0.4) is 0 Å². The number of pyridine rings is 1. The van der Waals surface area contributed by atoms with Crippen molar-refractivity contribution < 1.29 is 13.7 Å². The zero-order chi connectivity index (χ0) is 22.8. The largest absolute Gasteiger partial charge is 0.419 e. The molecule has 1 aliphatic carbocycles. The van der Waals surface area contributed by atoms with Crippen LogP contribution in [0.25, 0.3) is 22.4 Å². The molecule has 0 radical (unpaired) electrons. The van der Waals surface area contributed by atoms with Crippen molar-refractivity contribution in [3.63, 3.8) is 0 Å². The Bertz CT molecular complexity index is 1260. The van der Waals surface area contributed by atoms with Gasteiger partial charge in [0.15, 0.2) is 0 Å². The van der Waals surface area contributed by atoms with Crippen LogP contribution in [-0.2, 0) is 6.42 Å². The summed E-state index contributed by atoms with van der Waals surface area (Å²) in [5, 5.41) is 17.8. The van der Waals surface area contributed by atoms with E-state index in [1.54, 1.807) is 13.1 Å². The van der Waals surface area contributed by atoms with Crippen LogP contribution in [0, 0.1) is 12.8 Å². The highest BCUT2D eigenvalue weighted by molar-refractivity contribution is 5.96.